The Hall–Kier alpha value is -1.64. The van der Waals surface area contributed by atoms with Crippen molar-refractivity contribution in [1.29, 1.82) is 0 Å². The van der Waals surface area contributed by atoms with Gasteiger partial charge in [0.2, 0.25) is 0 Å². The lowest BCUT2D eigenvalue weighted by molar-refractivity contribution is 0.260. The zero-order valence-electron chi connectivity index (χ0n) is 17.1. The van der Waals surface area contributed by atoms with Crippen molar-refractivity contribution in [2.75, 3.05) is 13.1 Å². The normalized spacial score (nSPS) is 19.9. The van der Waals surface area contributed by atoms with Crippen LogP contribution >= 0.6 is 0 Å². The highest BCUT2D eigenvalue weighted by Crippen LogP contribution is 2.28. The Morgan fingerprint density at radius 2 is 1.19 bits per heavy atom. The van der Waals surface area contributed by atoms with Gasteiger partial charge in [-0.3, -0.25) is 0 Å². The van der Waals surface area contributed by atoms with E-state index in [9.17, 15) is 0 Å². The van der Waals surface area contributed by atoms with Crippen molar-refractivity contribution in [3.63, 3.8) is 0 Å². The van der Waals surface area contributed by atoms with E-state index in [-0.39, 0.29) is 0 Å². The summed E-state index contributed by atoms with van der Waals surface area (Å²) in [5.74, 6) is 1.71. The highest BCUT2D eigenvalue weighted by atomic mass is 14.9. The molecule has 0 saturated heterocycles. The molecule has 0 aliphatic heterocycles. The summed E-state index contributed by atoms with van der Waals surface area (Å²) in [6, 6.07) is 17.5. The molecule has 2 nitrogen and oxygen atoms in total. The SMILES string of the molecule is CCc1ccccc1CNCC1CCC(CNCc2ccccc2C)CC1. The summed E-state index contributed by atoms with van der Waals surface area (Å²) in [5, 5.41) is 7.40. The van der Waals surface area contributed by atoms with Crippen LogP contribution in [0.2, 0.25) is 0 Å². The number of hydrogen-bond acceptors (Lipinski definition) is 2. The molecule has 1 aliphatic rings. The minimum absolute atomic E-state index is 0.853. The van der Waals surface area contributed by atoms with Gasteiger partial charge in [-0.05, 0) is 86.2 Å². The van der Waals surface area contributed by atoms with Crippen molar-refractivity contribution >= 4 is 0 Å². The van der Waals surface area contributed by atoms with Crippen LogP contribution in [0.4, 0.5) is 0 Å². The van der Waals surface area contributed by atoms with Gasteiger partial charge in [0, 0.05) is 13.1 Å². The van der Waals surface area contributed by atoms with E-state index in [1.54, 1.807) is 0 Å². The molecule has 2 aromatic carbocycles. The second-order valence-electron chi connectivity index (χ2n) is 8.20. The highest BCUT2D eigenvalue weighted by molar-refractivity contribution is 5.27. The molecule has 0 amide bonds. The van der Waals surface area contributed by atoms with Crippen LogP contribution in [0.15, 0.2) is 48.5 Å². The standard InChI is InChI=1S/C25H36N2/c1-3-23-9-6-7-11-25(23)19-27-17-22-14-12-21(13-15-22)16-26-18-24-10-5-4-8-20(24)2/h4-11,21-22,26-27H,3,12-19H2,1-2H3. The second kappa shape index (κ2) is 10.6. The Morgan fingerprint density at radius 3 is 1.74 bits per heavy atom. The number of rotatable bonds is 9. The molecule has 0 aromatic heterocycles. The van der Waals surface area contributed by atoms with Gasteiger partial charge in [-0.2, -0.15) is 0 Å². The van der Waals surface area contributed by atoms with E-state index in [0.717, 1.165) is 31.3 Å². The van der Waals surface area contributed by atoms with Gasteiger partial charge in [-0.15, -0.1) is 0 Å². The minimum Gasteiger partial charge on any atom is -0.312 e. The molecule has 0 radical (unpaired) electrons. The molecule has 1 saturated carbocycles. The van der Waals surface area contributed by atoms with Gasteiger partial charge >= 0.3 is 0 Å². The Bertz CT molecular complexity index is 686. The largest absolute Gasteiger partial charge is 0.312 e. The summed E-state index contributed by atoms with van der Waals surface area (Å²) in [4.78, 5) is 0. The van der Waals surface area contributed by atoms with Gasteiger partial charge in [0.1, 0.15) is 0 Å². The van der Waals surface area contributed by atoms with Crippen LogP contribution in [0.3, 0.4) is 0 Å². The third kappa shape index (κ3) is 6.19. The molecule has 1 aliphatic carbocycles. The van der Waals surface area contributed by atoms with Crippen molar-refractivity contribution in [3.8, 4) is 0 Å². The second-order valence-corrected chi connectivity index (χ2v) is 8.20. The maximum atomic E-state index is 3.72. The molecule has 3 rings (SSSR count). The van der Waals surface area contributed by atoms with Gasteiger partial charge in [0.15, 0.2) is 0 Å². The first-order valence-electron chi connectivity index (χ1n) is 10.8. The average Bonchev–Trinajstić information content (AvgIpc) is 2.71. The van der Waals surface area contributed by atoms with E-state index in [2.05, 4.69) is 73.0 Å². The molecule has 2 aromatic rings. The maximum Gasteiger partial charge on any atom is 0.0208 e. The number of benzene rings is 2. The van der Waals surface area contributed by atoms with Crippen LogP contribution in [0, 0.1) is 18.8 Å². The van der Waals surface area contributed by atoms with E-state index in [1.165, 1.54) is 61.0 Å². The lowest BCUT2D eigenvalue weighted by atomic mass is 9.82. The molecule has 0 bridgehead atoms. The zero-order chi connectivity index (χ0) is 18.9. The third-order valence-electron chi connectivity index (χ3n) is 6.22. The van der Waals surface area contributed by atoms with E-state index in [0.29, 0.717) is 0 Å². The summed E-state index contributed by atoms with van der Waals surface area (Å²) in [6.45, 7) is 8.80. The van der Waals surface area contributed by atoms with E-state index in [4.69, 9.17) is 0 Å². The minimum atomic E-state index is 0.853. The molecule has 27 heavy (non-hydrogen) atoms. The number of aryl methyl sites for hydroxylation is 2. The van der Waals surface area contributed by atoms with E-state index < -0.39 is 0 Å². The molecule has 146 valence electrons. The lowest BCUT2D eigenvalue weighted by Gasteiger charge is -2.29. The summed E-state index contributed by atoms with van der Waals surface area (Å²) in [6.07, 6.45) is 6.62. The van der Waals surface area contributed by atoms with Crippen molar-refractivity contribution in [3.05, 3.63) is 70.8 Å². The first-order valence-corrected chi connectivity index (χ1v) is 10.8. The fourth-order valence-electron chi connectivity index (χ4n) is 4.34. The summed E-state index contributed by atoms with van der Waals surface area (Å²) >= 11 is 0. The summed E-state index contributed by atoms with van der Waals surface area (Å²) in [5.41, 5.74) is 5.77. The Kier molecular flexibility index (Phi) is 7.92. The molecule has 0 unspecified atom stereocenters. The van der Waals surface area contributed by atoms with Gasteiger partial charge in [0.25, 0.3) is 0 Å². The average molecular weight is 365 g/mol. The molecule has 2 N–H and O–H groups in total. The molecular formula is C25H36N2. The van der Waals surface area contributed by atoms with Crippen LogP contribution in [0.5, 0.6) is 0 Å². The van der Waals surface area contributed by atoms with Gasteiger partial charge < -0.3 is 10.6 Å². The predicted molar refractivity (Wildman–Crippen MR) is 116 cm³/mol. The first kappa shape index (κ1) is 20.1. The van der Waals surface area contributed by atoms with Gasteiger partial charge in [-0.1, -0.05) is 55.5 Å². The molecule has 0 spiro atoms. The summed E-state index contributed by atoms with van der Waals surface area (Å²) in [7, 11) is 0. The monoisotopic (exact) mass is 364 g/mol. The maximum absolute atomic E-state index is 3.72. The van der Waals surface area contributed by atoms with Crippen LogP contribution in [-0.4, -0.2) is 13.1 Å². The highest BCUT2D eigenvalue weighted by Gasteiger charge is 2.20. The number of hydrogen-bond donors (Lipinski definition) is 2. The Labute approximate surface area is 165 Å². The van der Waals surface area contributed by atoms with Crippen LogP contribution in [0.25, 0.3) is 0 Å². The topological polar surface area (TPSA) is 24.1 Å². The van der Waals surface area contributed by atoms with Crippen LogP contribution in [0.1, 0.15) is 54.9 Å². The van der Waals surface area contributed by atoms with Crippen molar-refractivity contribution in [1.82, 2.24) is 10.6 Å². The Balaban J connectivity index is 1.31. The molecular weight excluding hydrogens is 328 g/mol. The van der Waals surface area contributed by atoms with Crippen molar-refractivity contribution in [2.24, 2.45) is 11.8 Å². The fourth-order valence-corrected chi connectivity index (χ4v) is 4.34. The fraction of sp³-hybridized carbons (Fsp3) is 0.520. The third-order valence-corrected chi connectivity index (χ3v) is 6.22. The smallest absolute Gasteiger partial charge is 0.0208 e. The number of nitrogens with one attached hydrogen (secondary N) is 2. The quantitative estimate of drug-likeness (QED) is 0.635. The first-order chi connectivity index (χ1) is 13.3. The molecule has 2 heteroatoms. The zero-order valence-corrected chi connectivity index (χ0v) is 17.1. The Morgan fingerprint density at radius 1 is 0.704 bits per heavy atom. The molecule has 0 atom stereocenters. The van der Waals surface area contributed by atoms with Gasteiger partial charge in [-0.25, -0.2) is 0 Å². The van der Waals surface area contributed by atoms with E-state index >= 15 is 0 Å². The van der Waals surface area contributed by atoms with Crippen molar-refractivity contribution in [2.45, 2.75) is 59.0 Å². The molecule has 0 heterocycles. The van der Waals surface area contributed by atoms with E-state index in [1.807, 2.05) is 0 Å². The van der Waals surface area contributed by atoms with Crippen LogP contribution in [-0.2, 0) is 19.5 Å². The molecule has 1 fully saturated rings. The van der Waals surface area contributed by atoms with Gasteiger partial charge in [0.05, 0.1) is 0 Å². The lowest BCUT2D eigenvalue weighted by Crippen LogP contribution is -2.30. The van der Waals surface area contributed by atoms with Crippen molar-refractivity contribution < 1.29 is 0 Å². The summed E-state index contributed by atoms with van der Waals surface area (Å²) < 4.78 is 0. The predicted octanol–water partition coefficient (Wildman–Crippen LogP) is 5.24. The van der Waals surface area contributed by atoms with Crippen LogP contribution < -0.4 is 10.6 Å².